The molecule has 24 heavy (non-hydrogen) atoms. The third-order valence-corrected chi connectivity index (χ3v) is 3.63. The number of rotatable bonds is 10. The van der Waals surface area contributed by atoms with Crippen molar-refractivity contribution < 1.29 is 19.0 Å². The number of esters is 1. The Hall–Kier alpha value is -2.54. The van der Waals surface area contributed by atoms with Gasteiger partial charge in [0.2, 0.25) is 0 Å². The van der Waals surface area contributed by atoms with Gasteiger partial charge in [-0.2, -0.15) is 0 Å². The lowest BCUT2D eigenvalue weighted by Crippen LogP contribution is -2.12. The first-order valence-corrected chi connectivity index (χ1v) is 8.44. The molecule has 1 N–H and O–H groups in total. The minimum Gasteiger partial charge on any atom is -0.494 e. The average Bonchev–Trinajstić information content (AvgIpc) is 3.07. The van der Waals surface area contributed by atoms with Gasteiger partial charge in [0, 0.05) is 11.9 Å². The van der Waals surface area contributed by atoms with Crippen molar-refractivity contribution >= 4 is 22.4 Å². The van der Waals surface area contributed by atoms with Gasteiger partial charge in [-0.3, -0.25) is 0 Å². The van der Waals surface area contributed by atoms with Crippen LogP contribution in [0, 0.1) is 0 Å². The minimum absolute atomic E-state index is 0.152. The molecule has 0 radical (unpaired) electrons. The van der Waals surface area contributed by atoms with Crippen LogP contribution in [0.15, 0.2) is 42.3 Å². The first-order valence-electron chi connectivity index (χ1n) is 7.56. The van der Waals surface area contributed by atoms with Crippen LogP contribution in [0.2, 0.25) is 0 Å². The van der Waals surface area contributed by atoms with Crippen molar-refractivity contribution in [1.82, 2.24) is 4.98 Å². The van der Waals surface area contributed by atoms with E-state index in [-0.39, 0.29) is 18.9 Å². The van der Waals surface area contributed by atoms with Gasteiger partial charge in [0.05, 0.1) is 6.61 Å². The second kappa shape index (κ2) is 9.57. The third kappa shape index (κ3) is 5.58. The van der Waals surface area contributed by atoms with E-state index in [1.807, 2.05) is 31.2 Å². The molecule has 0 saturated carbocycles. The molecule has 128 valence electrons. The van der Waals surface area contributed by atoms with Crippen molar-refractivity contribution in [2.45, 2.75) is 6.92 Å². The second-order valence-corrected chi connectivity index (χ2v) is 5.45. The lowest BCUT2D eigenvalue weighted by molar-refractivity contribution is 0.0444. The summed E-state index contributed by atoms with van der Waals surface area (Å²) in [5.41, 5.74) is 0.285. The number of nitrogens with zero attached hydrogens (tertiary/aromatic N) is 1. The van der Waals surface area contributed by atoms with Gasteiger partial charge in [-0.05, 0) is 31.2 Å². The number of carbonyl (C=O) groups is 1. The highest BCUT2D eigenvalue weighted by molar-refractivity contribution is 7.13. The number of aromatic nitrogens is 1. The van der Waals surface area contributed by atoms with E-state index in [1.54, 1.807) is 11.5 Å². The average molecular weight is 348 g/mol. The van der Waals surface area contributed by atoms with Crippen molar-refractivity contribution in [3.8, 4) is 11.5 Å². The fourth-order valence-electron chi connectivity index (χ4n) is 1.77. The van der Waals surface area contributed by atoms with Crippen LogP contribution >= 0.6 is 11.3 Å². The van der Waals surface area contributed by atoms with Crippen LogP contribution < -0.4 is 14.8 Å². The molecular formula is C17H20N2O4S. The van der Waals surface area contributed by atoms with Gasteiger partial charge in [0.25, 0.3) is 0 Å². The van der Waals surface area contributed by atoms with Crippen molar-refractivity contribution in [1.29, 1.82) is 0 Å². The van der Waals surface area contributed by atoms with Crippen molar-refractivity contribution in [3.63, 3.8) is 0 Å². The number of nitrogens with one attached hydrogen (secondary N) is 1. The van der Waals surface area contributed by atoms with Gasteiger partial charge in [-0.15, -0.1) is 17.9 Å². The fraction of sp³-hybridized carbons (Fsp3) is 0.294. The normalized spacial score (nSPS) is 10.0. The molecule has 0 spiro atoms. The van der Waals surface area contributed by atoms with Gasteiger partial charge in [0.1, 0.15) is 24.7 Å². The summed E-state index contributed by atoms with van der Waals surface area (Å²) in [5.74, 6) is 1.02. The van der Waals surface area contributed by atoms with Crippen LogP contribution in [-0.4, -0.2) is 37.3 Å². The summed E-state index contributed by atoms with van der Waals surface area (Å²) >= 11 is 1.35. The maximum atomic E-state index is 11.9. The van der Waals surface area contributed by atoms with E-state index >= 15 is 0 Å². The van der Waals surface area contributed by atoms with Crippen molar-refractivity contribution in [2.75, 3.05) is 31.7 Å². The summed E-state index contributed by atoms with van der Waals surface area (Å²) in [6, 6.07) is 7.28. The largest absolute Gasteiger partial charge is 0.494 e. The molecule has 2 rings (SSSR count). The lowest BCUT2D eigenvalue weighted by Gasteiger charge is -2.08. The molecule has 0 aliphatic carbocycles. The van der Waals surface area contributed by atoms with E-state index in [4.69, 9.17) is 14.2 Å². The van der Waals surface area contributed by atoms with Gasteiger partial charge in [0.15, 0.2) is 10.8 Å². The molecule has 0 fully saturated rings. The van der Waals surface area contributed by atoms with Gasteiger partial charge in [-0.1, -0.05) is 6.08 Å². The van der Waals surface area contributed by atoms with Crippen LogP contribution in [0.1, 0.15) is 17.4 Å². The highest BCUT2D eigenvalue weighted by Crippen LogP contribution is 2.18. The van der Waals surface area contributed by atoms with Crippen LogP contribution in [0.5, 0.6) is 11.5 Å². The summed E-state index contributed by atoms with van der Waals surface area (Å²) < 4.78 is 16.0. The molecule has 6 nitrogen and oxygen atoms in total. The Balaban J connectivity index is 1.70. The highest BCUT2D eigenvalue weighted by atomic mass is 32.1. The monoisotopic (exact) mass is 348 g/mol. The first-order chi connectivity index (χ1) is 11.7. The Morgan fingerprint density at radius 3 is 2.62 bits per heavy atom. The standard InChI is InChI=1S/C17H20N2O4S/c1-3-9-18-17-19-15(12-24-17)16(20)23-11-10-22-14-7-5-13(6-8-14)21-4-2/h3,5-8,12H,1,4,9-11H2,2H3,(H,18,19). The molecule has 2 aromatic rings. The summed E-state index contributed by atoms with van der Waals surface area (Å²) in [5, 5.41) is 5.33. The van der Waals surface area contributed by atoms with Crippen LogP contribution in [0.3, 0.4) is 0 Å². The van der Waals surface area contributed by atoms with Crippen LogP contribution in [0.25, 0.3) is 0 Å². The van der Waals surface area contributed by atoms with E-state index in [0.29, 0.717) is 24.0 Å². The number of ether oxygens (including phenoxy) is 3. The molecule has 0 aliphatic rings. The molecule has 0 saturated heterocycles. The van der Waals surface area contributed by atoms with E-state index in [2.05, 4.69) is 16.9 Å². The highest BCUT2D eigenvalue weighted by Gasteiger charge is 2.11. The molecule has 0 bridgehead atoms. The smallest absolute Gasteiger partial charge is 0.358 e. The maximum absolute atomic E-state index is 11.9. The van der Waals surface area contributed by atoms with E-state index < -0.39 is 5.97 Å². The van der Waals surface area contributed by atoms with Crippen LogP contribution in [0.4, 0.5) is 5.13 Å². The van der Waals surface area contributed by atoms with Crippen LogP contribution in [-0.2, 0) is 4.74 Å². The molecule has 0 atom stereocenters. The zero-order chi connectivity index (χ0) is 17.2. The Morgan fingerprint density at radius 2 is 1.96 bits per heavy atom. The van der Waals surface area contributed by atoms with Crippen molar-refractivity contribution in [3.05, 3.63) is 48.0 Å². The van der Waals surface area contributed by atoms with Crippen molar-refractivity contribution in [2.24, 2.45) is 0 Å². The predicted octanol–water partition coefficient (Wildman–Crippen LogP) is 3.38. The Morgan fingerprint density at radius 1 is 1.25 bits per heavy atom. The Bertz CT molecular complexity index is 655. The fourth-order valence-corrected chi connectivity index (χ4v) is 2.46. The number of anilines is 1. The molecule has 1 aromatic heterocycles. The first kappa shape index (κ1) is 17.8. The zero-order valence-electron chi connectivity index (χ0n) is 13.5. The minimum atomic E-state index is -0.465. The number of benzene rings is 1. The SMILES string of the molecule is C=CCNc1nc(C(=O)OCCOc2ccc(OCC)cc2)cs1. The molecule has 1 heterocycles. The Kier molecular flexibility index (Phi) is 7.10. The summed E-state index contributed by atoms with van der Waals surface area (Å²) in [6.45, 7) is 7.18. The molecule has 0 amide bonds. The summed E-state index contributed by atoms with van der Waals surface area (Å²) in [4.78, 5) is 16.0. The Labute approximate surface area is 145 Å². The van der Waals surface area contributed by atoms with E-state index in [1.165, 1.54) is 11.3 Å². The summed E-state index contributed by atoms with van der Waals surface area (Å²) in [7, 11) is 0. The molecule has 1 aromatic carbocycles. The predicted molar refractivity (Wildman–Crippen MR) is 94.2 cm³/mol. The number of hydrogen-bond donors (Lipinski definition) is 1. The third-order valence-electron chi connectivity index (χ3n) is 2.83. The maximum Gasteiger partial charge on any atom is 0.358 e. The second-order valence-electron chi connectivity index (χ2n) is 4.60. The quantitative estimate of drug-likeness (QED) is 0.403. The van der Waals surface area contributed by atoms with E-state index in [0.717, 1.165) is 5.75 Å². The van der Waals surface area contributed by atoms with Gasteiger partial charge >= 0.3 is 5.97 Å². The lowest BCUT2D eigenvalue weighted by atomic mass is 10.3. The number of thiazole rings is 1. The number of hydrogen-bond acceptors (Lipinski definition) is 7. The topological polar surface area (TPSA) is 69.7 Å². The molecule has 0 aliphatic heterocycles. The molecule has 7 heteroatoms. The number of carbonyl (C=O) groups excluding carboxylic acids is 1. The molecular weight excluding hydrogens is 328 g/mol. The summed E-state index contributed by atoms with van der Waals surface area (Å²) in [6.07, 6.45) is 1.72. The van der Waals surface area contributed by atoms with Gasteiger partial charge < -0.3 is 19.5 Å². The van der Waals surface area contributed by atoms with Gasteiger partial charge in [-0.25, -0.2) is 9.78 Å². The van der Waals surface area contributed by atoms with E-state index in [9.17, 15) is 4.79 Å². The zero-order valence-corrected chi connectivity index (χ0v) is 14.3. The molecule has 0 unspecified atom stereocenters.